The van der Waals surface area contributed by atoms with Crippen LogP contribution in [0.5, 0.6) is 11.5 Å². The molecule has 3 aliphatic rings. The molecule has 0 bridgehead atoms. The van der Waals surface area contributed by atoms with Gasteiger partial charge in [0, 0.05) is 32.0 Å². The molecule has 1 N–H and O–H groups in total. The number of para-hydroxylation sites is 1. The van der Waals surface area contributed by atoms with Gasteiger partial charge in [0.05, 0.1) is 19.2 Å². The van der Waals surface area contributed by atoms with Crippen LogP contribution in [0.2, 0.25) is 0 Å². The summed E-state index contributed by atoms with van der Waals surface area (Å²) in [6.07, 6.45) is 1.52. The number of hydrogen-bond donors (Lipinski definition) is 1. The first-order valence-corrected chi connectivity index (χ1v) is 11.5. The third kappa shape index (κ3) is 2.52. The second-order valence-corrected chi connectivity index (χ2v) is 9.96. The van der Waals surface area contributed by atoms with E-state index in [1.165, 1.54) is 23.5 Å². The predicted molar refractivity (Wildman–Crippen MR) is 123 cm³/mol. The Kier molecular flexibility index (Phi) is 4.87. The fourth-order valence-electron chi connectivity index (χ4n) is 5.50. The molecule has 3 heterocycles. The molecule has 34 heavy (non-hydrogen) atoms. The van der Waals surface area contributed by atoms with E-state index in [1.54, 1.807) is 31.2 Å². The van der Waals surface area contributed by atoms with Crippen LogP contribution in [0.4, 0.5) is 0 Å². The summed E-state index contributed by atoms with van der Waals surface area (Å²) in [6.45, 7) is 2.09. The zero-order valence-electron chi connectivity index (χ0n) is 18.6. The quantitative estimate of drug-likeness (QED) is 0.376. The standard InChI is InChI=1S/C22H22Cl2N4O6/c1-4-34-14-7-5-6-12(16(14)29)15-11-8-9-27-19(32)26(3)20(33)28(27)13(11)10-21(23)17(30)25(2)18(31)22(15,21)24/h5-8,13,15,29H,4,9-10H2,1-3H3/t13-,15-,21-,22+/m1/s1. The lowest BCUT2D eigenvalue weighted by Crippen LogP contribution is -2.59. The highest BCUT2D eigenvalue weighted by Crippen LogP contribution is 2.64. The summed E-state index contributed by atoms with van der Waals surface area (Å²) in [5.74, 6) is -2.56. The summed E-state index contributed by atoms with van der Waals surface area (Å²) in [4.78, 5) is 49.3. The lowest BCUT2D eigenvalue weighted by Gasteiger charge is -2.49. The maximum Gasteiger partial charge on any atom is 0.347 e. The number of fused-ring (bicyclic) bond motifs is 4. The van der Waals surface area contributed by atoms with E-state index in [0.29, 0.717) is 5.57 Å². The molecule has 0 spiro atoms. The number of amides is 2. The Morgan fingerprint density at radius 2 is 1.82 bits per heavy atom. The first-order valence-electron chi connectivity index (χ1n) is 10.7. The number of benzene rings is 1. The van der Waals surface area contributed by atoms with E-state index in [2.05, 4.69) is 0 Å². The molecule has 1 aromatic heterocycles. The van der Waals surface area contributed by atoms with Crippen molar-refractivity contribution in [3.05, 3.63) is 56.4 Å². The van der Waals surface area contributed by atoms with Crippen LogP contribution in [0.25, 0.3) is 0 Å². The molecule has 10 nitrogen and oxygen atoms in total. The van der Waals surface area contributed by atoms with Crippen molar-refractivity contribution in [3.63, 3.8) is 0 Å². The van der Waals surface area contributed by atoms with Gasteiger partial charge in [0.2, 0.25) is 0 Å². The van der Waals surface area contributed by atoms with Crippen molar-refractivity contribution < 1.29 is 19.4 Å². The molecule has 1 aliphatic carbocycles. The highest BCUT2D eigenvalue weighted by molar-refractivity contribution is 6.53. The van der Waals surface area contributed by atoms with Gasteiger partial charge in [0.25, 0.3) is 11.8 Å². The molecule has 4 atom stereocenters. The molecule has 2 aliphatic heterocycles. The van der Waals surface area contributed by atoms with Crippen LogP contribution in [-0.4, -0.2) is 59.2 Å². The van der Waals surface area contributed by atoms with Crippen molar-refractivity contribution in [2.75, 3.05) is 13.7 Å². The number of phenols is 1. The van der Waals surface area contributed by atoms with Crippen molar-refractivity contribution in [2.45, 2.75) is 41.6 Å². The number of imide groups is 1. The molecule has 1 saturated carbocycles. The normalized spacial score (nSPS) is 30.0. The van der Waals surface area contributed by atoms with Gasteiger partial charge in [-0.3, -0.25) is 14.5 Å². The maximum absolute atomic E-state index is 13.4. The second-order valence-electron chi connectivity index (χ2n) is 8.72. The molecule has 1 saturated heterocycles. The molecule has 0 unspecified atom stereocenters. The number of carbonyl (C=O) groups excluding carboxylic acids is 2. The number of halogens is 2. The van der Waals surface area contributed by atoms with Crippen LogP contribution < -0.4 is 16.1 Å². The van der Waals surface area contributed by atoms with Crippen LogP contribution in [-0.2, 0) is 23.2 Å². The highest BCUT2D eigenvalue weighted by atomic mass is 35.5. The van der Waals surface area contributed by atoms with Crippen LogP contribution in [0.3, 0.4) is 0 Å². The van der Waals surface area contributed by atoms with Crippen LogP contribution in [0, 0.1) is 0 Å². The topological polar surface area (TPSA) is 116 Å². The summed E-state index contributed by atoms with van der Waals surface area (Å²) in [7, 11) is 2.66. The molecule has 2 amide bonds. The minimum atomic E-state index is -1.98. The Hall–Kier alpha value is -2.98. The number of nitrogens with zero attached hydrogens (tertiary/aromatic N) is 4. The largest absolute Gasteiger partial charge is 0.504 e. The Morgan fingerprint density at radius 1 is 1.12 bits per heavy atom. The van der Waals surface area contributed by atoms with Gasteiger partial charge < -0.3 is 9.84 Å². The van der Waals surface area contributed by atoms with E-state index in [0.717, 1.165) is 9.47 Å². The first kappa shape index (κ1) is 22.8. The van der Waals surface area contributed by atoms with Crippen molar-refractivity contribution in [1.29, 1.82) is 0 Å². The Bertz CT molecular complexity index is 1410. The maximum atomic E-state index is 13.4. The summed E-state index contributed by atoms with van der Waals surface area (Å²) < 4.78 is 9.01. The van der Waals surface area contributed by atoms with Gasteiger partial charge in [0.15, 0.2) is 21.2 Å². The van der Waals surface area contributed by atoms with E-state index >= 15 is 0 Å². The van der Waals surface area contributed by atoms with Gasteiger partial charge in [-0.15, -0.1) is 23.2 Å². The number of carbonyl (C=O) groups is 2. The summed E-state index contributed by atoms with van der Waals surface area (Å²) in [5, 5.41) is 11.1. The minimum absolute atomic E-state index is 0.0450. The number of hydrogen-bond acceptors (Lipinski definition) is 6. The summed E-state index contributed by atoms with van der Waals surface area (Å²) >= 11 is 14.0. The predicted octanol–water partition coefficient (Wildman–Crippen LogP) is 1.08. The number of phenolic OH excluding ortho intramolecular Hbond substituents is 1. The van der Waals surface area contributed by atoms with E-state index in [4.69, 9.17) is 27.9 Å². The third-order valence-electron chi connectivity index (χ3n) is 7.11. The minimum Gasteiger partial charge on any atom is -0.504 e. The molecule has 0 radical (unpaired) electrons. The van der Waals surface area contributed by atoms with Crippen molar-refractivity contribution in [2.24, 2.45) is 7.05 Å². The van der Waals surface area contributed by atoms with Crippen LogP contribution in [0.1, 0.15) is 30.9 Å². The zero-order chi connectivity index (χ0) is 24.7. The molecule has 1 aromatic carbocycles. The zero-order valence-corrected chi connectivity index (χ0v) is 20.1. The average molecular weight is 509 g/mol. The number of allylic oxidation sites excluding steroid dienone is 2. The fourth-order valence-corrected chi connectivity index (χ4v) is 6.50. The van der Waals surface area contributed by atoms with E-state index in [9.17, 15) is 24.3 Å². The van der Waals surface area contributed by atoms with Gasteiger partial charge in [0.1, 0.15) is 0 Å². The van der Waals surface area contributed by atoms with Crippen LogP contribution in [0.15, 0.2) is 39.4 Å². The first-order chi connectivity index (χ1) is 16.0. The second kappa shape index (κ2) is 7.26. The Morgan fingerprint density at radius 3 is 2.50 bits per heavy atom. The smallest absolute Gasteiger partial charge is 0.347 e. The molecule has 180 valence electrons. The van der Waals surface area contributed by atoms with Gasteiger partial charge >= 0.3 is 11.4 Å². The average Bonchev–Trinajstić information content (AvgIpc) is 3.11. The number of aromatic hydroxyl groups is 1. The van der Waals surface area contributed by atoms with Crippen molar-refractivity contribution >= 4 is 35.0 Å². The van der Waals surface area contributed by atoms with Gasteiger partial charge in [-0.1, -0.05) is 18.2 Å². The number of aromatic nitrogens is 3. The highest BCUT2D eigenvalue weighted by Gasteiger charge is 2.75. The molecule has 12 heteroatoms. The third-order valence-corrected chi connectivity index (χ3v) is 8.53. The van der Waals surface area contributed by atoms with E-state index < -0.39 is 44.9 Å². The lowest BCUT2D eigenvalue weighted by atomic mass is 9.64. The summed E-state index contributed by atoms with van der Waals surface area (Å²) in [5.41, 5.74) is -0.355. The molecular weight excluding hydrogens is 487 g/mol. The molecule has 2 aromatic rings. The van der Waals surface area contributed by atoms with Crippen LogP contribution >= 0.6 is 23.2 Å². The number of alkyl halides is 2. The number of rotatable bonds is 3. The van der Waals surface area contributed by atoms with E-state index in [1.807, 2.05) is 0 Å². The Balaban J connectivity index is 1.83. The summed E-state index contributed by atoms with van der Waals surface area (Å²) in [6, 6.07) is 3.94. The molecular formula is C22H22Cl2N4O6. The molecule has 5 rings (SSSR count). The van der Waals surface area contributed by atoms with E-state index in [-0.39, 0.29) is 36.6 Å². The SMILES string of the molecule is CCOc1cccc([C@H]2C3=CCn4c(=O)n(C)c(=O)n4[C@@H]3C[C@@]3(Cl)C(=O)N(C)C(=O)[C@@]23Cl)c1O. The number of likely N-dealkylation sites (tertiary alicyclic amines) is 1. The van der Waals surface area contributed by atoms with Gasteiger partial charge in [-0.2, -0.15) is 0 Å². The molecule has 2 fully saturated rings. The lowest BCUT2D eigenvalue weighted by molar-refractivity contribution is -0.137. The fraction of sp³-hybridized carbons (Fsp3) is 0.455. The van der Waals surface area contributed by atoms with Gasteiger partial charge in [-0.25, -0.2) is 23.5 Å². The number of ether oxygens (including phenoxy) is 1. The van der Waals surface area contributed by atoms with Crippen molar-refractivity contribution in [3.8, 4) is 11.5 Å². The Labute approximate surface area is 203 Å². The van der Waals surface area contributed by atoms with Crippen molar-refractivity contribution in [1.82, 2.24) is 18.8 Å². The van der Waals surface area contributed by atoms with Gasteiger partial charge in [-0.05, 0) is 18.6 Å². The monoisotopic (exact) mass is 508 g/mol.